The molecular weight excluding hydrogens is 410 g/mol. The van der Waals surface area contributed by atoms with Crippen molar-refractivity contribution in [1.82, 2.24) is 24.6 Å². The number of aromatic nitrogens is 4. The summed E-state index contributed by atoms with van der Waals surface area (Å²) in [7, 11) is 1.62. The summed E-state index contributed by atoms with van der Waals surface area (Å²) in [6, 6.07) is 11.1. The highest BCUT2D eigenvalue weighted by molar-refractivity contribution is 5.60. The van der Waals surface area contributed by atoms with E-state index in [9.17, 15) is 0 Å². The summed E-state index contributed by atoms with van der Waals surface area (Å²) in [6.45, 7) is 5.42. The van der Waals surface area contributed by atoms with Crippen LogP contribution in [0, 0.1) is 0 Å². The minimum absolute atomic E-state index is 0.246. The molecule has 10 heteroatoms. The molecule has 0 unspecified atom stereocenters. The summed E-state index contributed by atoms with van der Waals surface area (Å²) in [5.41, 5.74) is 6.75. The van der Waals surface area contributed by atoms with E-state index in [-0.39, 0.29) is 5.95 Å². The third-order valence-electron chi connectivity index (χ3n) is 5.15. The zero-order valence-electron chi connectivity index (χ0n) is 18.2. The number of unbranched alkanes of at least 4 members (excludes halogenated alkanes) is 1. The normalized spacial score (nSPS) is 14.3. The standard InChI is InChI=1S/C22H29N7O3/c1-30-19-16-17(25-22-26-21(23)29(27-22)20-6-2-3-9-24-20)7-8-18(19)32-13-5-4-10-28-11-14-31-15-12-28/h2-3,6-9,16H,4-5,10-15H2,1H3,(H3,23,25,26,27). The first-order valence-electron chi connectivity index (χ1n) is 10.7. The molecule has 1 fully saturated rings. The van der Waals surface area contributed by atoms with E-state index in [0.29, 0.717) is 29.9 Å². The number of hydrogen-bond donors (Lipinski definition) is 2. The summed E-state index contributed by atoms with van der Waals surface area (Å²) in [4.78, 5) is 10.9. The van der Waals surface area contributed by atoms with E-state index >= 15 is 0 Å². The number of rotatable bonds is 10. The Balaban J connectivity index is 1.31. The lowest BCUT2D eigenvalue weighted by molar-refractivity contribution is 0.0368. The maximum Gasteiger partial charge on any atom is 0.248 e. The predicted molar refractivity (Wildman–Crippen MR) is 122 cm³/mol. The number of ether oxygens (including phenoxy) is 3. The second kappa shape index (κ2) is 10.8. The van der Waals surface area contributed by atoms with Crippen LogP contribution in [0.1, 0.15) is 12.8 Å². The van der Waals surface area contributed by atoms with Crippen molar-refractivity contribution in [1.29, 1.82) is 0 Å². The third kappa shape index (κ3) is 5.65. The van der Waals surface area contributed by atoms with Crippen molar-refractivity contribution in [3.05, 3.63) is 42.6 Å². The molecule has 3 heterocycles. The molecule has 1 saturated heterocycles. The Hall–Kier alpha value is -3.37. The maximum absolute atomic E-state index is 5.99. The first kappa shape index (κ1) is 21.8. The first-order valence-corrected chi connectivity index (χ1v) is 10.7. The molecule has 0 radical (unpaired) electrons. The number of anilines is 3. The third-order valence-corrected chi connectivity index (χ3v) is 5.15. The number of nitrogens with one attached hydrogen (secondary N) is 1. The van der Waals surface area contributed by atoms with Crippen LogP contribution in [0.15, 0.2) is 42.6 Å². The van der Waals surface area contributed by atoms with E-state index in [1.54, 1.807) is 13.3 Å². The van der Waals surface area contributed by atoms with Gasteiger partial charge in [-0.2, -0.15) is 9.67 Å². The van der Waals surface area contributed by atoms with Crippen LogP contribution in [0.5, 0.6) is 11.5 Å². The fourth-order valence-electron chi connectivity index (χ4n) is 3.46. The van der Waals surface area contributed by atoms with Crippen LogP contribution >= 0.6 is 0 Å². The number of nitrogen functional groups attached to an aromatic ring is 1. The molecule has 0 spiro atoms. The average Bonchev–Trinajstić information content (AvgIpc) is 3.20. The van der Waals surface area contributed by atoms with Crippen LogP contribution in [0.25, 0.3) is 5.82 Å². The molecule has 0 amide bonds. The van der Waals surface area contributed by atoms with E-state index in [1.165, 1.54) is 4.68 Å². The van der Waals surface area contributed by atoms with Gasteiger partial charge in [-0.05, 0) is 43.7 Å². The van der Waals surface area contributed by atoms with Gasteiger partial charge in [0.25, 0.3) is 0 Å². The molecule has 10 nitrogen and oxygen atoms in total. The minimum atomic E-state index is 0.246. The molecule has 0 bridgehead atoms. The Morgan fingerprint density at radius 2 is 2.00 bits per heavy atom. The molecule has 1 aliphatic heterocycles. The highest BCUT2D eigenvalue weighted by Crippen LogP contribution is 2.31. The molecule has 32 heavy (non-hydrogen) atoms. The Bertz CT molecular complexity index is 990. The number of nitrogens with two attached hydrogens (primary N) is 1. The summed E-state index contributed by atoms with van der Waals surface area (Å²) in [6.07, 6.45) is 3.75. The lowest BCUT2D eigenvalue weighted by atomic mass is 10.2. The molecular formula is C22H29N7O3. The second-order valence-corrected chi connectivity index (χ2v) is 7.39. The van der Waals surface area contributed by atoms with Gasteiger partial charge in [0, 0.05) is 31.0 Å². The molecule has 0 aliphatic carbocycles. The highest BCUT2D eigenvalue weighted by Gasteiger charge is 2.12. The van der Waals surface area contributed by atoms with Gasteiger partial charge in [-0.25, -0.2) is 4.98 Å². The van der Waals surface area contributed by atoms with Gasteiger partial charge in [0.15, 0.2) is 17.3 Å². The van der Waals surface area contributed by atoms with E-state index in [0.717, 1.165) is 51.4 Å². The van der Waals surface area contributed by atoms with Gasteiger partial charge in [0.05, 0.1) is 26.9 Å². The van der Waals surface area contributed by atoms with Crippen molar-refractivity contribution in [2.75, 3.05) is 57.6 Å². The van der Waals surface area contributed by atoms with Gasteiger partial charge in [0.1, 0.15) is 0 Å². The molecule has 1 aromatic carbocycles. The maximum atomic E-state index is 5.99. The molecule has 170 valence electrons. The summed E-state index contributed by atoms with van der Waals surface area (Å²) in [5.74, 6) is 2.55. The summed E-state index contributed by atoms with van der Waals surface area (Å²) >= 11 is 0. The quantitative estimate of drug-likeness (QED) is 0.460. The predicted octanol–water partition coefficient (Wildman–Crippen LogP) is 2.49. The minimum Gasteiger partial charge on any atom is -0.493 e. The Morgan fingerprint density at radius 3 is 2.78 bits per heavy atom. The molecule has 0 atom stereocenters. The number of hydrogen-bond acceptors (Lipinski definition) is 9. The van der Waals surface area contributed by atoms with Crippen molar-refractivity contribution in [2.24, 2.45) is 0 Å². The van der Waals surface area contributed by atoms with Gasteiger partial charge in [0.2, 0.25) is 11.9 Å². The molecule has 3 N–H and O–H groups in total. The van der Waals surface area contributed by atoms with Gasteiger partial charge in [-0.15, -0.1) is 5.10 Å². The smallest absolute Gasteiger partial charge is 0.248 e. The van der Waals surface area contributed by atoms with Gasteiger partial charge in [-0.1, -0.05) is 6.07 Å². The molecule has 3 aromatic rings. The fraction of sp³-hybridized carbons (Fsp3) is 0.409. The van der Waals surface area contributed by atoms with Crippen molar-refractivity contribution in [3.63, 3.8) is 0 Å². The summed E-state index contributed by atoms with van der Waals surface area (Å²) in [5, 5.41) is 7.53. The van der Waals surface area contributed by atoms with Crippen LogP contribution in [-0.2, 0) is 4.74 Å². The molecule has 1 aliphatic rings. The van der Waals surface area contributed by atoms with Crippen LogP contribution < -0.4 is 20.5 Å². The largest absolute Gasteiger partial charge is 0.493 e. The Labute approximate surface area is 187 Å². The Morgan fingerprint density at radius 1 is 1.12 bits per heavy atom. The van der Waals surface area contributed by atoms with Crippen molar-refractivity contribution < 1.29 is 14.2 Å². The lowest BCUT2D eigenvalue weighted by Gasteiger charge is -2.26. The highest BCUT2D eigenvalue weighted by atomic mass is 16.5. The van der Waals surface area contributed by atoms with Crippen LogP contribution in [0.4, 0.5) is 17.6 Å². The van der Waals surface area contributed by atoms with E-state index in [2.05, 4.69) is 25.3 Å². The Kier molecular flexibility index (Phi) is 7.36. The van der Waals surface area contributed by atoms with Crippen molar-refractivity contribution >= 4 is 17.6 Å². The topological polar surface area (TPSA) is 113 Å². The van der Waals surface area contributed by atoms with Crippen LogP contribution in [0.2, 0.25) is 0 Å². The number of pyridine rings is 1. The van der Waals surface area contributed by atoms with Crippen LogP contribution in [-0.4, -0.2) is 71.2 Å². The lowest BCUT2D eigenvalue weighted by Crippen LogP contribution is -2.36. The van der Waals surface area contributed by atoms with Crippen molar-refractivity contribution in [3.8, 4) is 17.3 Å². The van der Waals surface area contributed by atoms with Crippen molar-refractivity contribution in [2.45, 2.75) is 12.8 Å². The molecule has 0 saturated carbocycles. The molecule has 2 aromatic heterocycles. The molecule has 4 rings (SSSR count). The van der Waals surface area contributed by atoms with Gasteiger partial charge in [-0.3, -0.25) is 4.90 Å². The average molecular weight is 440 g/mol. The van der Waals surface area contributed by atoms with Gasteiger partial charge >= 0.3 is 0 Å². The first-order chi connectivity index (χ1) is 15.7. The van der Waals surface area contributed by atoms with E-state index in [1.807, 2.05) is 36.4 Å². The SMILES string of the molecule is COc1cc(Nc2nc(N)n(-c3ccccn3)n2)ccc1OCCCCN1CCOCC1. The number of benzene rings is 1. The number of methoxy groups -OCH3 is 1. The van der Waals surface area contributed by atoms with Gasteiger partial charge < -0.3 is 25.3 Å². The zero-order chi connectivity index (χ0) is 22.2. The second-order valence-electron chi connectivity index (χ2n) is 7.39. The zero-order valence-corrected chi connectivity index (χ0v) is 18.2. The number of morpholine rings is 1. The van der Waals surface area contributed by atoms with E-state index < -0.39 is 0 Å². The number of nitrogens with zero attached hydrogens (tertiary/aromatic N) is 5. The van der Waals surface area contributed by atoms with E-state index in [4.69, 9.17) is 19.9 Å². The fourth-order valence-corrected chi connectivity index (χ4v) is 3.46. The monoisotopic (exact) mass is 439 g/mol. The van der Waals surface area contributed by atoms with Crippen LogP contribution in [0.3, 0.4) is 0 Å². The summed E-state index contributed by atoms with van der Waals surface area (Å²) < 4.78 is 18.3.